The minimum Gasteiger partial charge on any atom is -0.491 e. The predicted molar refractivity (Wildman–Crippen MR) is 94.7 cm³/mol. The number of rotatable bonds is 8. The highest BCUT2D eigenvalue weighted by Crippen LogP contribution is 2.24. The number of unbranched alkanes of at least 4 members (excludes halogenated alkanes) is 1. The van der Waals surface area contributed by atoms with Crippen LogP contribution >= 0.6 is 0 Å². The molecule has 23 heavy (non-hydrogen) atoms. The van der Waals surface area contributed by atoms with Crippen molar-refractivity contribution in [1.82, 2.24) is 0 Å². The van der Waals surface area contributed by atoms with Gasteiger partial charge in [0.2, 0.25) is 5.91 Å². The van der Waals surface area contributed by atoms with Crippen LogP contribution < -0.4 is 15.8 Å². The van der Waals surface area contributed by atoms with Gasteiger partial charge in [-0.1, -0.05) is 43.7 Å². The lowest BCUT2D eigenvalue weighted by molar-refractivity contribution is -0.116. The molecule has 0 radical (unpaired) electrons. The Kier molecular flexibility index (Phi) is 6.48. The largest absolute Gasteiger partial charge is 0.491 e. The molecular formula is C19H24N2O2. The maximum Gasteiger partial charge on any atom is 0.224 e. The molecule has 2 rings (SSSR count). The van der Waals surface area contributed by atoms with Crippen LogP contribution in [0.1, 0.15) is 31.7 Å². The third-order valence-corrected chi connectivity index (χ3v) is 3.59. The van der Waals surface area contributed by atoms with Crippen molar-refractivity contribution >= 4 is 17.3 Å². The molecule has 1 amide bonds. The van der Waals surface area contributed by atoms with E-state index in [0.29, 0.717) is 25.2 Å². The second-order valence-electron chi connectivity index (χ2n) is 5.45. The van der Waals surface area contributed by atoms with Crippen LogP contribution in [0, 0.1) is 0 Å². The highest BCUT2D eigenvalue weighted by Gasteiger charge is 2.08. The SMILES string of the molecule is CCCCOc1ccccc1NC(=O)CCc1ccccc1N. The van der Waals surface area contributed by atoms with E-state index in [4.69, 9.17) is 10.5 Å². The highest BCUT2D eigenvalue weighted by atomic mass is 16.5. The fraction of sp³-hybridized carbons (Fsp3) is 0.316. The smallest absolute Gasteiger partial charge is 0.224 e. The third-order valence-electron chi connectivity index (χ3n) is 3.59. The number of ether oxygens (including phenoxy) is 1. The number of anilines is 2. The Bertz CT molecular complexity index is 641. The molecule has 0 bridgehead atoms. The van der Waals surface area contributed by atoms with E-state index in [1.54, 1.807) is 0 Å². The Hall–Kier alpha value is -2.49. The molecule has 0 unspecified atom stereocenters. The molecule has 0 aliphatic carbocycles. The molecule has 0 aromatic heterocycles. The van der Waals surface area contributed by atoms with Crippen LogP contribution in [0.25, 0.3) is 0 Å². The number of amides is 1. The van der Waals surface area contributed by atoms with Gasteiger partial charge in [0.15, 0.2) is 0 Å². The highest BCUT2D eigenvalue weighted by molar-refractivity contribution is 5.92. The molecule has 0 saturated carbocycles. The minimum atomic E-state index is -0.0419. The molecule has 0 aliphatic rings. The fourth-order valence-corrected chi connectivity index (χ4v) is 2.25. The van der Waals surface area contributed by atoms with Crippen molar-refractivity contribution in [2.75, 3.05) is 17.7 Å². The van der Waals surface area contributed by atoms with Crippen molar-refractivity contribution in [3.05, 3.63) is 54.1 Å². The van der Waals surface area contributed by atoms with E-state index in [1.165, 1.54) is 0 Å². The van der Waals surface area contributed by atoms with Gasteiger partial charge in [0, 0.05) is 12.1 Å². The first kappa shape index (κ1) is 16.9. The Labute approximate surface area is 137 Å². The molecule has 2 aromatic carbocycles. The summed E-state index contributed by atoms with van der Waals surface area (Å²) in [6.45, 7) is 2.77. The van der Waals surface area contributed by atoms with E-state index in [9.17, 15) is 4.79 Å². The summed E-state index contributed by atoms with van der Waals surface area (Å²) in [5.74, 6) is 0.674. The molecule has 0 saturated heterocycles. The van der Waals surface area contributed by atoms with E-state index < -0.39 is 0 Å². The summed E-state index contributed by atoms with van der Waals surface area (Å²) in [4.78, 5) is 12.2. The second-order valence-corrected chi connectivity index (χ2v) is 5.45. The van der Waals surface area contributed by atoms with Crippen molar-refractivity contribution in [3.8, 4) is 5.75 Å². The van der Waals surface area contributed by atoms with Gasteiger partial charge in [0.1, 0.15) is 5.75 Å². The van der Waals surface area contributed by atoms with Crippen LogP contribution in [0.3, 0.4) is 0 Å². The maximum atomic E-state index is 12.2. The van der Waals surface area contributed by atoms with Crippen molar-refractivity contribution in [2.45, 2.75) is 32.6 Å². The quantitative estimate of drug-likeness (QED) is 0.571. The number of nitrogens with two attached hydrogens (primary N) is 1. The first-order chi connectivity index (χ1) is 11.2. The van der Waals surface area contributed by atoms with Gasteiger partial charge in [-0.05, 0) is 36.6 Å². The molecular weight excluding hydrogens is 288 g/mol. The van der Waals surface area contributed by atoms with Gasteiger partial charge in [-0.2, -0.15) is 0 Å². The van der Waals surface area contributed by atoms with Gasteiger partial charge in [0.25, 0.3) is 0 Å². The van der Waals surface area contributed by atoms with Gasteiger partial charge >= 0.3 is 0 Å². The van der Waals surface area contributed by atoms with E-state index in [2.05, 4.69) is 12.2 Å². The summed E-state index contributed by atoms with van der Waals surface area (Å²) in [6.07, 6.45) is 3.08. The Balaban J connectivity index is 1.91. The van der Waals surface area contributed by atoms with Gasteiger partial charge in [0.05, 0.1) is 12.3 Å². The zero-order valence-corrected chi connectivity index (χ0v) is 13.5. The third kappa shape index (κ3) is 5.33. The molecule has 4 heteroatoms. The van der Waals surface area contributed by atoms with Gasteiger partial charge in [-0.25, -0.2) is 0 Å². The number of nitrogen functional groups attached to an aromatic ring is 1. The maximum absolute atomic E-state index is 12.2. The summed E-state index contributed by atoms with van der Waals surface area (Å²) in [6, 6.07) is 15.1. The molecule has 2 aromatic rings. The number of carbonyl (C=O) groups is 1. The lowest BCUT2D eigenvalue weighted by atomic mass is 10.1. The van der Waals surface area contributed by atoms with Crippen LogP contribution in [0.5, 0.6) is 5.75 Å². The van der Waals surface area contributed by atoms with Crippen LogP contribution in [-0.2, 0) is 11.2 Å². The van der Waals surface area contributed by atoms with Crippen LogP contribution in [-0.4, -0.2) is 12.5 Å². The first-order valence-corrected chi connectivity index (χ1v) is 8.05. The van der Waals surface area contributed by atoms with Crippen molar-refractivity contribution in [1.29, 1.82) is 0 Å². The first-order valence-electron chi connectivity index (χ1n) is 8.05. The van der Waals surface area contributed by atoms with E-state index in [-0.39, 0.29) is 5.91 Å². The van der Waals surface area contributed by atoms with Crippen LogP contribution in [0.2, 0.25) is 0 Å². The zero-order valence-electron chi connectivity index (χ0n) is 13.5. The number of carbonyl (C=O) groups excluding carboxylic acids is 1. The number of hydrogen-bond acceptors (Lipinski definition) is 3. The molecule has 122 valence electrons. The fourth-order valence-electron chi connectivity index (χ4n) is 2.25. The molecule has 4 nitrogen and oxygen atoms in total. The summed E-state index contributed by atoms with van der Waals surface area (Å²) < 4.78 is 5.73. The van der Waals surface area contributed by atoms with Gasteiger partial charge in [-0.3, -0.25) is 4.79 Å². The van der Waals surface area contributed by atoms with Gasteiger partial charge < -0.3 is 15.8 Å². The number of aryl methyl sites for hydroxylation is 1. The predicted octanol–water partition coefficient (Wildman–Crippen LogP) is 4.02. The topological polar surface area (TPSA) is 64.3 Å². The molecule has 0 fully saturated rings. The molecule has 0 aliphatic heterocycles. The molecule has 3 N–H and O–H groups in total. The summed E-state index contributed by atoms with van der Waals surface area (Å²) in [7, 11) is 0. The number of nitrogens with one attached hydrogen (secondary N) is 1. The average Bonchev–Trinajstić information content (AvgIpc) is 2.56. The van der Waals surface area contributed by atoms with Crippen molar-refractivity contribution in [2.24, 2.45) is 0 Å². The summed E-state index contributed by atoms with van der Waals surface area (Å²) in [5, 5.41) is 2.92. The van der Waals surface area contributed by atoms with Crippen LogP contribution in [0.4, 0.5) is 11.4 Å². The monoisotopic (exact) mass is 312 g/mol. The van der Waals surface area contributed by atoms with Crippen molar-refractivity contribution < 1.29 is 9.53 Å². The van der Waals surface area contributed by atoms with E-state index >= 15 is 0 Å². The number of benzene rings is 2. The lowest BCUT2D eigenvalue weighted by Crippen LogP contribution is -2.14. The average molecular weight is 312 g/mol. The van der Waals surface area contributed by atoms with E-state index in [0.717, 1.165) is 29.8 Å². The Morgan fingerprint density at radius 1 is 1.13 bits per heavy atom. The van der Waals surface area contributed by atoms with Crippen molar-refractivity contribution in [3.63, 3.8) is 0 Å². The Morgan fingerprint density at radius 3 is 2.65 bits per heavy atom. The molecule has 0 spiro atoms. The zero-order chi connectivity index (χ0) is 16.5. The Morgan fingerprint density at radius 2 is 1.87 bits per heavy atom. The number of hydrogen-bond donors (Lipinski definition) is 2. The van der Waals surface area contributed by atoms with Crippen LogP contribution in [0.15, 0.2) is 48.5 Å². The second kappa shape index (κ2) is 8.83. The minimum absolute atomic E-state index is 0.0419. The normalized spacial score (nSPS) is 10.3. The standard InChI is InChI=1S/C19H24N2O2/c1-2-3-14-23-18-11-7-6-10-17(18)21-19(22)13-12-15-8-4-5-9-16(15)20/h4-11H,2-3,12-14,20H2,1H3,(H,21,22). The summed E-state index contributed by atoms with van der Waals surface area (Å²) in [5.41, 5.74) is 8.34. The molecule has 0 heterocycles. The molecule has 0 atom stereocenters. The number of para-hydroxylation sites is 3. The van der Waals surface area contributed by atoms with E-state index in [1.807, 2.05) is 48.5 Å². The van der Waals surface area contributed by atoms with Gasteiger partial charge in [-0.15, -0.1) is 0 Å². The summed E-state index contributed by atoms with van der Waals surface area (Å²) >= 11 is 0. The lowest BCUT2D eigenvalue weighted by Gasteiger charge is -2.12.